The first-order chi connectivity index (χ1) is 7.27. The summed E-state index contributed by atoms with van der Waals surface area (Å²) >= 11 is 0. The molecule has 0 spiro atoms. The van der Waals surface area contributed by atoms with Gasteiger partial charge in [-0.25, -0.2) is 4.98 Å². The van der Waals surface area contributed by atoms with Crippen LogP contribution in [-0.4, -0.2) is 26.0 Å². The van der Waals surface area contributed by atoms with E-state index in [-0.39, 0.29) is 12.3 Å². The summed E-state index contributed by atoms with van der Waals surface area (Å²) in [6.45, 7) is 0. The summed E-state index contributed by atoms with van der Waals surface area (Å²) < 4.78 is 0. The number of carboxylic acids is 1. The largest absolute Gasteiger partial charge is 0.481 e. The molecule has 15 heavy (non-hydrogen) atoms. The van der Waals surface area contributed by atoms with Crippen LogP contribution < -0.4 is 0 Å². The van der Waals surface area contributed by atoms with Crippen LogP contribution in [-0.2, 0) is 4.79 Å². The highest BCUT2D eigenvalue weighted by molar-refractivity contribution is 5.68. The lowest BCUT2D eigenvalue weighted by molar-refractivity contribution is -0.137. The zero-order valence-corrected chi connectivity index (χ0v) is 7.97. The van der Waals surface area contributed by atoms with E-state index in [2.05, 4.69) is 15.0 Å². The molecule has 0 aliphatic heterocycles. The van der Waals surface area contributed by atoms with Gasteiger partial charge in [0.1, 0.15) is 5.82 Å². The molecular weight excluding hydrogens is 194 g/mol. The molecule has 0 fully saturated rings. The molecular formula is C10H11N3O2. The number of aliphatic carboxylic acids is 1. The molecule has 5 heteroatoms. The Morgan fingerprint density at radius 2 is 2.40 bits per heavy atom. The zero-order valence-electron chi connectivity index (χ0n) is 7.97. The van der Waals surface area contributed by atoms with Crippen molar-refractivity contribution in [1.29, 1.82) is 0 Å². The van der Waals surface area contributed by atoms with E-state index < -0.39 is 5.97 Å². The van der Waals surface area contributed by atoms with E-state index in [1.807, 2.05) is 6.07 Å². The lowest BCUT2D eigenvalue weighted by atomic mass is 9.98. The molecule has 0 radical (unpaired) electrons. The Balaban J connectivity index is 2.29. The number of imidazole rings is 1. The van der Waals surface area contributed by atoms with Gasteiger partial charge in [-0.05, 0) is 11.6 Å². The summed E-state index contributed by atoms with van der Waals surface area (Å²) in [7, 11) is 0. The SMILES string of the molecule is O=C(O)CC(c1cc[nH]c1)c1ncc[nH]1. The van der Waals surface area contributed by atoms with Crippen LogP contribution in [0.2, 0.25) is 0 Å². The highest BCUT2D eigenvalue weighted by Crippen LogP contribution is 2.24. The maximum Gasteiger partial charge on any atom is 0.304 e. The van der Waals surface area contributed by atoms with E-state index in [0.29, 0.717) is 5.82 Å². The average molecular weight is 205 g/mol. The molecule has 0 aromatic carbocycles. The van der Waals surface area contributed by atoms with E-state index in [4.69, 9.17) is 5.11 Å². The third-order valence-electron chi connectivity index (χ3n) is 2.25. The van der Waals surface area contributed by atoms with Crippen molar-refractivity contribution in [2.24, 2.45) is 0 Å². The Bertz CT molecular complexity index is 385. The lowest BCUT2D eigenvalue weighted by Crippen LogP contribution is -2.08. The predicted octanol–water partition coefficient (Wildman–Crippen LogP) is 1.34. The molecule has 5 nitrogen and oxygen atoms in total. The van der Waals surface area contributed by atoms with Crippen LogP contribution in [0.5, 0.6) is 0 Å². The first-order valence-corrected chi connectivity index (χ1v) is 4.61. The van der Waals surface area contributed by atoms with E-state index >= 15 is 0 Å². The number of rotatable bonds is 4. The second-order valence-electron chi connectivity index (χ2n) is 3.27. The fourth-order valence-electron chi connectivity index (χ4n) is 1.57. The van der Waals surface area contributed by atoms with Crippen LogP contribution >= 0.6 is 0 Å². The monoisotopic (exact) mass is 205 g/mol. The maximum absolute atomic E-state index is 10.7. The molecule has 0 aliphatic carbocycles. The molecule has 0 bridgehead atoms. The maximum atomic E-state index is 10.7. The Hall–Kier alpha value is -2.04. The van der Waals surface area contributed by atoms with Gasteiger partial charge < -0.3 is 15.1 Å². The number of aromatic amines is 2. The number of nitrogens with one attached hydrogen (secondary N) is 2. The molecule has 0 aliphatic rings. The van der Waals surface area contributed by atoms with Crippen molar-refractivity contribution in [2.75, 3.05) is 0 Å². The van der Waals surface area contributed by atoms with Crippen LogP contribution in [0, 0.1) is 0 Å². The molecule has 0 amide bonds. The van der Waals surface area contributed by atoms with Crippen molar-refractivity contribution in [2.45, 2.75) is 12.3 Å². The molecule has 78 valence electrons. The minimum Gasteiger partial charge on any atom is -0.481 e. The van der Waals surface area contributed by atoms with Crippen LogP contribution in [0.4, 0.5) is 0 Å². The number of nitrogens with zero attached hydrogens (tertiary/aromatic N) is 1. The minimum atomic E-state index is -0.836. The normalized spacial score (nSPS) is 12.5. The van der Waals surface area contributed by atoms with Gasteiger partial charge >= 0.3 is 5.97 Å². The van der Waals surface area contributed by atoms with Gasteiger partial charge in [0.15, 0.2) is 0 Å². The standard InChI is InChI=1S/C10H11N3O2/c14-9(15)5-8(7-1-2-11-6-7)10-12-3-4-13-10/h1-4,6,8,11H,5H2,(H,12,13)(H,14,15). The second kappa shape index (κ2) is 4.00. The summed E-state index contributed by atoms with van der Waals surface area (Å²) in [6.07, 6.45) is 6.91. The van der Waals surface area contributed by atoms with Gasteiger partial charge in [-0.2, -0.15) is 0 Å². The van der Waals surface area contributed by atoms with Crippen molar-refractivity contribution >= 4 is 5.97 Å². The Morgan fingerprint density at radius 3 is 2.93 bits per heavy atom. The number of hydrogen-bond acceptors (Lipinski definition) is 2. The Labute approximate surface area is 86.2 Å². The fraction of sp³-hybridized carbons (Fsp3) is 0.200. The molecule has 2 aromatic heterocycles. The van der Waals surface area contributed by atoms with Gasteiger partial charge in [0.2, 0.25) is 0 Å². The molecule has 2 rings (SSSR count). The van der Waals surface area contributed by atoms with Crippen LogP contribution in [0.3, 0.4) is 0 Å². The summed E-state index contributed by atoms with van der Waals surface area (Å²) in [5, 5.41) is 8.83. The molecule has 1 atom stereocenters. The van der Waals surface area contributed by atoms with Gasteiger partial charge in [-0.15, -0.1) is 0 Å². The van der Waals surface area contributed by atoms with Crippen molar-refractivity contribution in [1.82, 2.24) is 15.0 Å². The number of carboxylic acid groups (broad SMARTS) is 1. The third kappa shape index (κ3) is 2.07. The highest BCUT2D eigenvalue weighted by Gasteiger charge is 2.20. The lowest BCUT2D eigenvalue weighted by Gasteiger charge is -2.09. The summed E-state index contributed by atoms with van der Waals surface area (Å²) in [4.78, 5) is 20.7. The van der Waals surface area contributed by atoms with Crippen molar-refractivity contribution < 1.29 is 9.90 Å². The smallest absolute Gasteiger partial charge is 0.304 e. The fourth-order valence-corrected chi connectivity index (χ4v) is 1.57. The second-order valence-corrected chi connectivity index (χ2v) is 3.27. The predicted molar refractivity (Wildman–Crippen MR) is 53.5 cm³/mol. The van der Waals surface area contributed by atoms with Gasteiger partial charge in [0.25, 0.3) is 0 Å². The zero-order chi connectivity index (χ0) is 10.7. The van der Waals surface area contributed by atoms with E-state index in [0.717, 1.165) is 5.56 Å². The number of aromatic nitrogens is 3. The molecule has 0 saturated carbocycles. The first-order valence-electron chi connectivity index (χ1n) is 4.61. The summed E-state index contributed by atoms with van der Waals surface area (Å²) in [5.41, 5.74) is 0.923. The summed E-state index contributed by atoms with van der Waals surface area (Å²) in [5.74, 6) is -0.377. The molecule has 2 aromatic rings. The van der Waals surface area contributed by atoms with E-state index in [1.165, 1.54) is 0 Å². The first kappa shape index (κ1) is 9.51. The van der Waals surface area contributed by atoms with Gasteiger partial charge in [0.05, 0.1) is 12.3 Å². The van der Waals surface area contributed by atoms with Crippen LogP contribution in [0.25, 0.3) is 0 Å². The van der Waals surface area contributed by atoms with Crippen LogP contribution in [0.1, 0.15) is 23.7 Å². The van der Waals surface area contributed by atoms with Crippen molar-refractivity contribution in [3.05, 3.63) is 42.2 Å². The Kier molecular flexibility index (Phi) is 2.53. The van der Waals surface area contributed by atoms with E-state index in [9.17, 15) is 4.79 Å². The molecule has 2 heterocycles. The molecule has 3 N–H and O–H groups in total. The summed E-state index contributed by atoms with van der Waals surface area (Å²) in [6, 6.07) is 1.86. The number of carbonyl (C=O) groups is 1. The van der Waals surface area contributed by atoms with Gasteiger partial charge in [-0.1, -0.05) is 0 Å². The number of H-pyrrole nitrogens is 2. The topological polar surface area (TPSA) is 81.8 Å². The van der Waals surface area contributed by atoms with Crippen molar-refractivity contribution in [3.63, 3.8) is 0 Å². The number of hydrogen-bond donors (Lipinski definition) is 3. The third-order valence-corrected chi connectivity index (χ3v) is 2.25. The quantitative estimate of drug-likeness (QED) is 0.704. The average Bonchev–Trinajstić information content (AvgIpc) is 2.87. The Morgan fingerprint density at radius 1 is 1.53 bits per heavy atom. The molecule has 1 unspecified atom stereocenters. The minimum absolute atomic E-state index is 0.0331. The highest BCUT2D eigenvalue weighted by atomic mass is 16.4. The molecule has 0 saturated heterocycles. The van der Waals surface area contributed by atoms with Gasteiger partial charge in [-0.3, -0.25) is 4.79 Å². The van der Waals surface area contributed by atoms with Crippen LogP contribution in [0.15, 0.2) is 30.9 Å². The van der Waals surface area contributed by atoms with Crippen molar-refractivity contribution in [3.8, 4) is 0 Å². The van der Waals surface area contributed by atoms with Gasteiger partial charge in [0, 0.05) is 24.8 Å². The van der Waals surface area contributed by atoms with E-state index in [1.54, 1.807) is 24.8 Å².